The van der Waals surface area contributed by atoms with Gasteiger partial charge in [0.1, 0.15) is 11.9 Å². The van der Waals surface area contributed by atoms with E-state index in [-0.39, 0.29) is 16.3 Å². The van der Waals surface area contributed by atoms with Gasteiger partial charge in [-0.2, -0.15) is 5.26 Å². The molecule has 0 aliphatic carbocycles. The van der Waals surface area contributed by atoms with Gasteiger partial charge in [-0.25, -0.2) is 4.98 Å². The minimum Gasteiger partial charge on any atom is -0.295 e. The molecule has 0 aromatic carbocycles. The molecule has 5 nitrogen and oxygen atoms in total. The van der Waals surface area contributed by atoms with Gasteiger partial charge < -0.3 is 0 Å². The van der Waals surface area contributed by atoms with Crippen LogP contribution in [0.5, 0.6) is 0 Å². The highest BCUT2D eigenvalue weighted by atomic mass is 79.9. The van der Waals surface area contributed by atoms with Crippen molar-refractivity contribution in [2.45, 2.75) is 18.6 Å². The summed E-state index contributed by atoms with van der Waals surface area (Å²) in [6.45, 7) is 1.95. The van der Waals surface area contributed by atoms with Gasteiger partial charge in [-0.05, 0) is 22.0 Å². The van der Waals surface area contributed by atoms with Crippen LogP contribution in [0.3, 0.4) is 0 Å². The molecule has 0 spiro atoms. The Morgan fingerprint density at radius 1 is 1.68 bits per heavy atom. The molecule has 1 amide bonds. The average Bonchev–Trinajstić information content (AvgIpc) is 2.69. The lowest BCUT2D eigenvalue weighted by Gasteiger charge is -2.16. The lowest BCUT2D eigenvalue weighted by Crippen LogP contribution is -2.26. The predicted octanol–water partition coefficient (Wildman–Crippen LogP) is 2.10. The van der Waals surface area contributed by atoms with Crippen molar-refractivity contribution < 1.29 is 9.59 Å². The van der Waals surface area contributed by atoms with Crippen LogP contribution in [-0.4, -0.2) is 27.8 Å². The fraction of sp³-hybridized carbons (Fsp3) is 0.333. The second-order valence-corrected chi connectivity index (χ2v) is 6.41. The molecule has 1 unspecified atom stereocenters. The summed E-state index contributed by atoms with van der Waals surface area (Å²) < 4.78 is 0.605. The molecular weight excluding hydrogens is 330 g/mol. The fourth-order valence-electron chi connectivity index (χ4n) is 1.88. The standard InChI is InChI=1S/C12H10BrN3O2S/c1-7(17)19-9-3-11(18)16(6-9)12-10(13)2-8(4-14)5-15-12/h2,5,9H,3,6H2,1H3. The molecule has 1 saturated heterocycles. The summed E-state index contributed by atoms with van der Waals surface area (Å²) in [5.74, 6) is 0.437. The highest BCUT2D eigenvalue weighted by Crippen LogP contribution is 2.31. The molecule has 19 heavy (non-hydrogen) atoms. The van der Waals surface area contributed by atoms with E-state index in [1.54, 1.807) is 11.0 Å². The molecule has 1 fully saturated rings. The van der Waals surface area contributed by atoms with Crippen LogP contribution in [0, 0.1) is 11.3 Å². The van der Waals surface area contributed by atoms with E-state index < -0.39 is 0 Å². The van der Waals surface area contributed by atoms with Crippen LogP contribution < -0.4 is 4.90 Å². The van der Waals surface area contributed by atoms with E-state index in [0.717, 1.165) is 0 Å². The monoisotopic (exact) mass is 339 g/mol. The number of hydrogen-bond acceptors (Lipinski definition) is 5. The summed E-state index contributed by atoms with van der Waals surface area (Å²) in [4.78, 5) is 28.7. The Morgan fingerprint density at radius 2 is 2.42 bits per heavy atom. The van der Waals surface area contributed by atoms with Gasteiger partial charge >= 0.3 is 0 Å². The first-order valence-corrected chi connectivity index (χ1v) is 7.21. The number of nitriles is 1. The van der Waals surface area contributed by atoms with Gasteiger partial charge in [-0.1, -0.05) is 11.8 Å². The van der Waals surface area contributed by atoms with Gasteiger partial charge in [-0.3, -0.25) is 14.5 Å². The maximum Gasteiger partial charge on any atom is 0.229 e. The Labute approximate surface area is 123 Å². The number of carbonyl (C=O) groups is 2. The number of rotatable bonds is 2. The molecule has 2 rings (SSSR count). The van der Waals surface area contributed by atoms with Gasteiger partial charge in [-0.15, -0.1) is 0 Å². The number of amides is 1. The highest BCUT2D eigenvalue weighted by molar-refractivity contribution is 9.10. The van der Waals surface area contributed by atoms with Crippen LogP contribution in [0.1, 0.15) is 18.9 Å². The van der Waals surface area contributed by atoms with Crippen LogP contribution in [0.4, 0.5) is 5.82 Å². The maximum absolute atomic E-state index is 11.9. The van der Waals surface area contributed by atoms with Crippen molar-refractivity contribution in [1.82, 2.24) is 4.98 Å². The topological polar surface area (TPSA) is 74.1 Å². The first kappa shape index (κ1) is 14.0. The van der Waals surface area contributed by atoms with E-state index >= 15 is 0 Å². The SMILES string of the molecule is CC(=O)SC1CC(=O)N(c2ncc(C#N)cc2Br)C1. The number of anilines is 1. The summed E-state index contributed by atoms with van der Waals surface area (Å²) in [6, 6.07) is 3.61. The Morgan fingerprint density at radius 3 is 3.00 bits per heavy atom. The minimum absolute atomic E-state index is 0.00602. The number of pyridine rings is 1. The number of hydrogen-bond donors (Lipinski definition) is 0. The minimum atomic E-state index is -0.0587. The zero-order valence-electron chi connectivity index (χ0n) is 10.1. The molecule has 1 aromatic heterocycles. The maximum atomic E-state index is 11.9. The third-order valence-electron chi connectivity index (χ3n) is 2.63. The van der Waals surface area contributed by atoms with Gasteiger partial charge in [0.05, 0.1) is 10.0 Å². The quantitative estimate of drug-likeness (QED) is 0.824. The summed E-state index contributed by atoms with van der Waals surface area (Å²) in [5.41, 5.74) is 0.428. The molecule has 1 atom stereocenters. The van der Waals surface area contributed by atoms with Crippen molar-refractivity contribution >= 4 is 44.5 Å². The second-order valence-electron chi connectivity index (χ2n) is 4.08. The molecule has 1 aliphatic heterocycles. The van der Waals surface area contributed by atoms with Crippen molar-refractivity contribution in [2.24, 2.45) is 0 Å². The van der Waals surface area contributed by atoms with Gasteiger partial charge in [0.2, 0.25) is 5.91 Å². The molecule has 7 heteroatoms. The molecule has 2 heterocycles. The third-order valence-corrected chi connectivity index (χ3v) is 4.19. The number of carbonyl (C=O) groups excluding carboxylic acids is 2. The summed E-state index contributed by atoms with van der Waals surface area (Å²) in [6.07, 6.45) is 1.76. The lowest BCUT2D eigenvalue weighted by molar-refractivity contribution is -0.117. The third kappa shape index (κ3) is 3.14. The molecule has 0 saturated carbocycles. The Hall–Kier alpha value is -1.39. The normalized spacial score (nSPS) is 18.5. The summed E-state index contributed by atoms with van der Waals surface area (Å²) in [7, 11) is 0. The number of halogens is 1. The smallest absolute Gasteiger partial charge is 0.229 e. The van der Waals surface area contributed by atoms with Crippen molar-refractivity contribution in [3.8, 4) is 6.07 Å². The molecule has 0 radical (unpaired) electrons. The Kier molecular flexibility index (Phi) is 4.22. The van der Waals surface area contributed by atoms with Crippen molar-refractivity contribution in [3.05, 3.63) is 22.3 Å². The van der Waals surface area contributed by atoms with Crippen LogP contribution in [0.15, 0.2) is 16.7 Å². The fourth-order valence-corrected chi connectivity index (χ4v) is 3.37. The zero-order valence-corrected chi connectivity index (χ0v) is 12.5. The van der Waals surface area contributed by atoms with Crippen LogP contribution >= 0.6 is 27.7 Å². The van der Waals surface area contributed by atoms with Crippen LogP contribution in [-0.2, 0) is 9.59 Å². The van der Waals surface area contributed by atoms with Gasteiger partial charge in [0.15, 0.2) is 5.12 Å². The van der Waals surface area contributed by atoms with Crippen molar-refractivity contribution in [2.75, 3.05) is 11.4 Å². The van der Waals surface area contributed by atoms with E-state index in [2.05, 4.69) is 20.9 Å². The van der Waals surface area contributed by atoms with Crippen LogP contribution in [0.25, 0.3) is 0 Å². The molecular formula is C12H10BrN3O2S. The van der Waals surface area contributed by atoms with E-state index in [4.69, 9.17) is 5.26 Å². The van der Waals surface area contributed by atoms with Gasteiger partial charge in [0, 0.05) is 31.3 Å². The molecule has 0 N–H and O–H groups in total. The average molecular weight is 340 g/mol. The van der Waals surface area contributed by atoms with E-state index in [0.29, 0.717) is 28.8 Å². The van der Waals surface area contributed by atoms with E-state index in [1.807, 2.05) is 6.07 Å². The predicted molar refractivity (Wildman–Crippen MR) is 75.7 cm³/mol. The van der Waals surface area contributed by atoms with E-state index in [1.165, 1.54) is 24.9 Å². The zero-order chi connectivity index (χ0) is 14.0. The highest BCUT2D eigenvalue weighted by Gasteiger charge is 2.33. The molecule has 1 aromatic rings. The number of nitrogens with zero attached hydrogens (tertiary/aromatic N) is 3. The first-order valence-electron chi connectivity index (χ1n) is 5.54. The first-order chi connectivity index (χ1) is 9.01. The molecule has 98 valence electrons. The summed E-state index contributed by atoms with van der Waals surface area (Å²) in [5, 5.41) is 8.75. The van der Waals surface area contributed by atoms with Crippen LogP contribution in [0.2, 0.25) is 0 Å². The van der Waals surface area contributed by atoms with Gasteiger partial charge in [0.25, 0.3) is 0 Å². The van der Waals surface area contributed by atoms with E-state index in [9.17, 15) is 9.59 Å². The molecule has 0 bridgehead atoms. The Balaban J connectivity index is 2.21. The Bertz CT molecular complexity index is 585. The molecule has 1 aliphatic rings. The lowest BCUT2D eigenvalue weighted by atomic mass is 10.3. The second kappa shape index (κ2) is 5.72. The number of thioether (sulfide) groups is 1. The number of aromatic nitrogens is 1. The van der Waals surface area contributed by atoms with Crippen molar-refractivity contribution in [3.63, 3.8) is 0 Å². The van der Waals surface area contributed by atoms with Crippen molar-refractivity contribution in [1.29, 1.82) is 5.26 Å². The summed E-state index contributed by atoms with van der Waals surface area (Å²) >= 11 is 4.50. The largest absolute Gasteiger partial charge is 0.295 e.